The predicted octanol–water partition coefficient (Wildman–Crippen LogP) is 1.70. The molecule has 2 saturated heterocycles. The van der Waals surface area contributed by atoms with Crippen molar-refractivity contribution in [2.45, 2.75) is 50.3 Å². The van der Waals surface area contributed by atoms with Gasteiger partial charge in [-0.1, -0.05) is 12.1 Å². The van der Waals surface area contributed by atoms with E-state index in [9.17, 15) is 14.4 Å². The van der Waals surface area contributed by atoms with Crippen molar-refractivity contribution in [3.63, 3.8) is 0 Å². The van der Waals surface area contributed by atoms with Crippen LogP contribution in [0.15, 0.2) is 24.3 Å². The molecular weight excluding hydrogens is 368 g/mol. The molecule has 2 fully saturated rings. The van der Waals surface area contributed by atoms with Crippen LogP contribution in [0.5, 0.6) is 5.75 Å². The first kappa shape index (κ1) is 19.5. The summed E-state index contributed by atoms with van der Waals surface area (Å²) in [4.78, 5) is 38.2. The van der Waals surface area contributed by atoms with Gasteiger partial charge in [0.05, 0.1) is 12.0 Å². The van der Waals surface area contributed by atoms with Crippen LogP contribution < -0.4 is 10.1 Å². The van der Waals surface area contributed by atoms with Crippen LogP contribution in [0.2, 0.25) is 0 Å². The second kappa shape index (κ2) is 7.80. The molecule has 2 aliphatic heterocycles. The molecule has 2 aliphatic rings. The topological polar surface area (TPSA) is 84.9 Å². The van der Waals surface area contributed by atoms with Crippen molar-refractivity contribution in [2.24, 2.45) is 0 Å². The lowest BCUT2D eigenvalue weighted by Crippen LogP contribution is -2.48. The summed E-state index contributed by atoms with van der Waals surface area (Å²) in [7, 11) is 1.59. The molecule has 8 heteroatoms. The zero-order valence-corrected chi connectivity index (χ0v) is 16.5. The van der Waals surface area contributed by atoms with Gasteiger partial charge in [-0.2, -0.15) is 0 Å². The first-order valence-electron chi connectivity index (χ1n) is 8.91. The molecule has 0 saturated carbocycles. The van der Waals surface area contributed by atoms with Crippen LogP contribution in [0.3, 0.4) is 0 Å². The SMILES string of the molecule is COc1ccc(CNC(=O)[C@H](C)OC(=O)[C@H]2CS[C@@]3(C)CCC(=O)N23)cc1. The van der Waals surface area contributed by atoms with E-state index in [4.69, 9.17) is 9.47 Å². The molecule has 27 heavy (non-hydrogen) atoms. The Labute approximate surface area is 162 Å². The van der Waals surface area contributed by atoms with E-state index in [0.29, 0.717) is 18.7 Å². The second-order valence-corrected chi connectivity index (χ2v) is 8.41. The standard InChI is InChI=1S/C19H24N2O5S/c1-12(17(23)20-10-13-4-6-14(25-3)7-5-13)26-18(24)15-11-27-19(2)9-8-16(22)21(15)19/h4-7,12,15H,8-11H2,1-3H3,(H,20,23)/t12-,15+,19-/m0/s1. The van der Waals surface area contributed by atoms with Gasteiger partial charge in [0.25, 0.3) is 5.91 Å². The van der Waals surface area contributed by atoms with Crippen molar-refractivity contribution in [2.75, 3.05) is 12.9 Å². The fraction of sp³-hybridized carbons (Fsp3) is 0.526. The molecule has 1 aromatic rings. The van der Waals surface area contributed by atoms with E-state index in [0.717, 1.165) is 17.7 Å². The lowest BCUT2D eigenvalue weighted by Gasteiger charge is -2.29. The summed E-state index contributed by atoms with van der Waals surface area (Å²) < 4.78 is 10.4. The van der Waals surface area contributed by atoms with Crippen molar-refractivity contribution in [3.8, 4) is 5.75 Å². The summed E-state index contributed by atoms with van der Waals surface area (Å²) in [5.74, 6) is 0.321. The van der Waals surface area contributed by atoms with Crippen molar-refractivity contribution in [3.05, 3.63) is 29.8 Å². The lowest BCUT2D eigenvalue weighted by molar-refractivity contribution is -0.161. The van der Waals surface area contributed by atoms with Crippen LogP contribution in [0.25, 0.3) is 0 Å². The van der Waals surface area contributed by atoms with Gasteiger partial charge in [0.15, 0.2) is 6.10 Å². The number of thioether (sulfide) groups is 1. The Morgan fingerprint density at radius 1 is 1.37 bits per heavy atom. The maximum atomic E-state index is 12.5. The first-order valence-corrected chi connectivity index (χ1v) is 9.90. The average Bonchev–Trinajstić information content (AvgIpc) is 3.16. The van der Waals surface area contributed by atoms with Crippen molar-refractivity contribution in [1.29, 1.82) is 0 Å². The third kappa shape index (κ3) is 4.05. The highest BCUT2D eigenvalue weighted by Crippen LogP contribution is 2.47. The minimum absolute atomic E-state index is 0.0268. The van der Waals surface area contributed by atoms with Gasteiger partial charge in [-0.15, -0.1) is 11.8 Å². The normalized spacial score (nSPS) is 25.1. The third-order valence-electron chi connectivity index (χ3n) is 5.00. The van der Waals surface area contributed by atoms with Crippen LogP contribution in [0, 0.1) is 0 Å². The Balaban J connectivity index is 1.51. The summed E-state index contributed by atoms with van der Waals surface area (Å²) in [6.07, 6.45) is 0.258. The molecule has 7 nitrogen and oxygen atoms in total. The summed E-state index contributed by atoms with van der Waals surface area (Å²) in [6, 6.07) is 6.71. The number of rotatable bonds is 6. The number of hydrogen-bond donors (Lipinski definition) is 1. The van der Waals surface area contributed by atoms with Crippen LogP contribution in [-0.4, -0.2) is 52.6 Å². The molecule has 2 amide bonds. The highest BCUT2D eigenvalue weighted by molar-refractivity contribution is 8.01. The minimum Gasteiger partial charge on any atom is -0.497 e. The van der Waals surface area contributed by atoms with Gasteiger partial charge < -0.3 is 19.7 Å². The van der Waals surface area contributed by atoms with Gasteiger partial charge in [-0.05, 0) is 38.0 Å². The minimum atomic E-state index is -0.926. The Hall–Kier alpha value is -2.22. The highest BCUT2D eigenvalue weighted by atomic mass is 32.2. The maximum Gasteiger partial charge on any atom is 0.330 e. The largest absolute Gasteiger partial charge is 0.497 e. The number of methoxy groups -OCH3 is 1. The van der Waals surface area contributed by atoms with Crippen molar-refractivity contribution >= 4 is 29.5 Å². The number of ether oxygens (including phenoxy) is 2. The fourth-order valence-electron chi connectivity index (χ4n) is 3.38. The second-order valence-electron chi connectivity index (χ2n) is 6.91. The Bertz CT molecular complexity index is 738. The summed E-state index contributed by atoms with van der Waals surface area (Å²) in [5, 5.41) is 2.75. The average molecular weight is 392 g/mol. The Morgan fingerprint density at radius 2 is 2.07 bits per heavy atom. The number of carbonyl (C=O) groups excluding carboxylic acids is 3. The third-order valence-corrected chi connectivity index (χ3v) is 6.51. The molecular formula is C19H24N2O5S. The van der Waals surface area contributed by atoms with E-state index in [1.54, 1.807) is 23.8 Å². The number of esters is 1. The van der Waals surface area contributed by atoms with Crippen molar-refractivity contribution in [1.82, 2.24) is 10.2 Å². The van der Waals surface area contributed by atoms with Gasteiger partial charge in [-0.3, -0.25) is 9.59 Å². The predicted molar refractivity (Wildman–Crippen MR) is 101 cm³/mol. The Kier molecular flexibility index (Phi) is 5.64. The van der Waals surface area contributed by atoms with Gasteiger partial charge in [0, 0.05) is 18.7 Å². The number of nitrogens with one attached hydrogen (secondary N) is 1. The fourth-order valence-corrected chi connectivity index (χ4v) is 4.79. The van der Waals surface area contributed by atoms with Crippen LogP contribution in [0.4, 0.5) is 0 Å². The molecule has 146 valence electrons. The molecule has 0 aliphatic carbocycles. The van der Waals surface area contributed by atoms with Gasteiger partial charge in [-0.25, -0.2) is 4.79 Å². The maximum absolute atomic E-state index is 12.5. The smallest absolute Gasteiger partial charge is 0.330 e. The van der Waals surface area contributed by atoms with Crippen LogP contribution in [0.1, 0.15) is 32.3 Å². The van der Waals surface area contributed by atoms with E-state index in [-0.39, 0.29) is 16.7 Å². The molecule has 0 aromatic heterocycles. The number of carbonyl (C=O) groups is 3. The molecule has 0 unspecified atom stereocenters. The number of nitrogens with zero attached hydrogens (tertiary/aromatic N) is 1. The summed E-state index contributed by atoms with van der Waals surface area (Å²) >= 11 is 1.59. The van der Waals surface area contributed by atoms with Crippen molar-refractivity contribution < 1.29 is 23.9 Å². The summed E-state index contributed by atoms with van der Waals surface area (Å²) in [5.41, 5.74) is 0.910. The zero-order chi connectivity index (χ0) is 19.6. The molecule has 3 atom stereocenters. The van der Waals surface area contributed by atoms with Gasteiger partial charge in [0.2, 0.25) is 5.91 Å². The molecule has 2 heterocycles. The number of benzene rings is 1. The van der Waals surface area contributed by atoms with E-state index in [1.165, 1.54) is 6.92 Å². The molecule has 0 radical (unpaired) electrons. The lowest BCUT2D eigenvalue weighted by atomic mass is 10.2. The number of amides is 2. The number of fused-ring (bicyclic) bond motifs is 1. The molecule has 0 bridgehead atoms. The number of hydrogen-bond acceptors (Lipinski definition) is 6. The van der Waals surface area contributed by atoms with E-state index >= 15 is 0 Å². The molecule has 1 aromatic carbocycles. The van der Waals surface area contributed by atoms with E-state index < -0.39 is 18.1 Å². The van der Waals surface area contributed by atoms with E-state index in [2.05, 4.69) is 5.32 Å². The molecule has 3 rings (SSSR count). The Morgan fingerprint density at radius 3 is 2.74 bits per heavy atom. The van der Waals surface area contributed by atoms with Gasteiger partial charge in [0.1, 0.15) is 11.8 Å². The summed E-state index contributed by atoms with van der Waals surface area (Å²) in [6.45, 7) is 3.84. The quantitative estimate of drug-likeness (QED) is 0.742. The van der Waals surface area contributed by atoms with E-state index in [1.807, 2.05) is 31.2 Å². The van der Waals surface area contributed by atoms with Crippen LogP contribution in [-0.2, 0) is 25.7 Å². The monoisotopic (exact) mass is 392 g/mol. The highest BCUT2D eigenvalue weighted by Gasteiger charge is 2.53. The zero-order valence-electron chi connectivity index (χ0n) is 15.7. The molecule has 1 N–H and O–H groups in total. The van der Waals surface area contributed by atoms with Gasteiger partial charge >= 0.3 is 5.97 Å². The first-order chi connectivity index (χ1) is 12.8. The van der Waals surface area contributed by atoms with Crippen LogP contribution >= 0.6 is 11.8 Å². The molecule has 0 spiro atoms.